The van der Waals surface area contributed by atoms with E-state index >= 15 is 0 Å². The van der Waals surface area contributed by atoms with E-state index in [1.54, 1.807) is 38.2 Å². The number of ketones is 1. The molecule has 3 rings (SSSR count). The normalized spacial score (nSPS) is 11.6. The van der Waals surface area contributed by atoms with Crippen molar-refractivity contribution in [3.8, 4) is 0 Å². The number of benzene rings is 1. The summed E-state index contributed by atoms with van der Waals surface area (Å²) in [5.41, 5.74) is -0.0655. The third-order valence-electron chi connectivity index (χ3n) is 5.09. The quantitative estimate of drug-likeness (QED) is 0.335. The van der Waals surface area contributed by atoms with Gasteiger partial charge in [-0.05, 0) is 24.3 Å². The molecule has 1 amide bonds. The Morgan fingerprint density at radius 2 is 1.67 bits per heavy atom. The van der Waals surface area contributed by atoms with Gasteiger partial charge in [-0.2, -0.15) is 0 Å². The molecule has 0 unspecified atom stereocenters. The van der Waals surface area contributed by atoms with E-state index in [0.29, 0.717) is 28.5 Å². The van der Waals surface area contributed by atoms with Gasteiger partial charge in [0.15, 0.2) is 11.4 Å². The molecule has 2 aromatic heterocycles. The van der Waals surface area contributed by atoms with Crippen LogP contribution in [0.3, 0.4) is 0 Å². The van der Waals surface area contributed by atoms with Gasteiger partial charge in [-0.1, -0.05) is 39.5 Å². The summed E-state index contributed by atoms with van der Waals surface area (Å²) >= 11 is 1.14. The Bertz CT molecular complexity index is 1350. The SMILES string of the molecule is CCC(=O)Nc1ccc(C(=O)CSc2nc(C(C)(C)C)nc3c2c(=O)n(C)c(=O)n3C)cc1. The van der Waals surface area contributed by atoms with Crippen molar-refractivity contribution in [1.29, 1.82) is 0 Å². The summed E-state index contributed by atoms with van der Waals surface area (Å²) in [4.78, 5) is 58.7. The van der Waals surface area contributed by atoms with Crippen molar-refractivity contribution in [3.63, 3.8) is 0 Å². The van der Waals surface area contributed by atoms with Gasteiger partial charge in [0.1, 0.15) is 16.2 Å². The van der Waals surface area contributed by atoms with E-state index in [4.69, 9.17) is 0 Å². The molecule has 2 heterocycles. The van der Waals surface area contributed by atoms with Crippen LogP contribution in [0, 0.1) is 0 Å². The van der Waals surface area contributed by atoms with Crippen molar-refractivity contribution in [2.45, 2.75) is 44.6 Å². The number of rotatable bonds is 6. The van der Waals surface area contributed by atoms with Crippen LogP contribution in [0.1, 0.15) is 50.3 Å². The van der Waals surface area contributed by atoms with Crippen LogP contribution in [-0.2, 0) is 24.3 Å². The fraction of sp³-hybridized carbons (Fsp3) is 0.391. The summed E-state index contributed by atoms with van der Waals surface area (Å²) in [7, 11) is 2.96. The van der Waals surface area contributed by atoms with E-state index in [-0.39, 0.29) is 28.5 Å². The Balaban J connectivity index is 1.97. The van der Waals surface area contributed by atoms with Crippen LogP contribution in [0.2, 0.25) is 0 Å². The molecule has 174 valence electrons. The minimum Gasteiger partial charge on any atom is -0.326 e. The Kier molecular flexibility index (Phi) is 6.87. The molecule has 10 heteroatoms. The van der Waals surface area contributed by atoms with Crippen LogP contribution in [-0.4, -0.2) is 36.5 Å². The molecule has 0 aliphatic carbocycles. The number of aromatic nitrogens is 4. The molecule has 1 N–H and O–H groups in total. The first kappa shape index (κ1) is 24.4. The van der Waals surface area contributed by atoms with Crippen molar-refractivity contribution < 1.29 is 9.59 Å². The second kappa shape index (κ2) is 9.30. The Morgan fingerprint density at radius 1 is 1.03 bits per heavy atom. The highest BCUT2D eigenvalue weighted by atomic mass is 32.2. The summed E-state index contributed by atoms with van der Waals surface area (Å²) < 4.78 is 2.33. The maximum Gasteiger partial charge on any atom is 0.332 e. The summed E-state index contributed by atoms with van der Waals surface area (Å²) in [6.07, 6.45) is 0.367. The first-order chi connectivity index (χ1) is 15.4. The molecule has 1 aromatic carbocycles. The van der Waals surface area contributed by atoms with Gasteiger partial charge in [-0.25, -0.2) is 14.8 Å². The van der Waals surface area contributed by atoms with Crippen LogP contribution in [0.15, 0.2) is 38.9 Å². The first-order valence-corrected chi connectivity index (χ1v) is 11.5. The van der Waals surface area contributed by atoms with E-state index in [0.717, 1.165) is 16.3 Å². The predicted molar refractivity (Wildman–Crippen MR) is 129 cm³/mol. The Morgan fingerprint density at radius 3 is 2.24 bits per heavy atom. The molecule has 0 saturated carbocycles. The number of aryl methyl sites for hydroxylation is 1. The second-order valence-electron chi connectivity index (χ2n) is 8.70. The van der Waals surface area contributed by atoms with Crippen LogP contribution < -0.4 is 16.6 Å². The lowest BCUT2D eigenvalue weighted by Crippen LogP contribution is -2.38. The monoisotopic (exact) mass is 469 g/mol. The molecule has 0 spiro atoms. The molecule has 0 saturated heterocycles. The lowest BCUT2D eigenvalue weighted by Gasteiger charge is -2.19. The van der Waals surface area contributed by atoms with Gasteiger partial charge >= 0.3 is 5.69 Å². The predicted octanol–water partition coefficient (Wildman–Crippen LogP) is 2.65. The number of anilines is 1. The van der Waals surface area contributed by atoms with Crippen LogP contribution in [0.5, 0.6) is 0 Å². The average molecular weight is 470 g/mol. The van der Waals surface area contributed by atoms with Crippen LogP contribution in [0.25, 0.3) is 11.0 Å². The number of hydrogen-bond acceptors (Lipinski definition) is 7. The molecule has 0 aliphatic heterocycles. The van der Waals surface area contributed by atoms with Gasteiger partial charge in [0.05, 0.1) is 5.75 Å². The molecule has 9 nitrogen and oxygen atoms in total. The van der Waals surface area contributed by atoms with Gasteiger partial charge in [0, 0.05) is 37.2 Å². The van der Waals surface area contributed by atoms with Gasteiger partial charge in [0.25, 0.3) is 5.56 Å². The van der Waals surface area contributed by atoms with E-state index < -0.39 is 16.7 Å². The Hall–Kier alpha value is -3.27. The molecular formula is C23H27N5O4S. The first-order valence-electron chi connectivity index (χ1n) is 10.5. The maximum absolute atomic E-state index is 12.9. The molecule has 0 atom stereocenters. The molecule has 0 fully saturated rings. The number of nitrogens with one attached hydrogen (secondary N) is 1. The van der Waals surface area contributed by atoms with Crippen molar-refractivity contribution in [1.82, 2.24) is 19.1 Å². The van der Waals surface area contributed by atoms with Crippen molar-refractivity contribution in [3.05, 3.63) is 56.5 Å². The van der Waals surface area contributed by atoms with Crippen LogP contribution >= 0.6 is 11.8 Å². The highest BCUT2D eigenvalue weighted by molar-refractivity contribution is 8.00. The van der Waals surface area contributed by atoms with Crippen LogP contribution in [0.4, 0.5) is 5.69 Å². The van der Waals surface area contributed by atoms with Gasteiger partial charge in [-0.3, -0.25) is 23.5 Å². The molecular weight excluding hydrogens is 442 g/mol. The number of thioether (sulfide) groups is 1. The minimum atomic E-state index is -0.500. The summed E-state index contributed by atoms with van der Waals surface area (Å²) in [5, 5.41) is 3.31. The summed E-state index contributed by atoms with van der Waals surface area (Å²) in [5.74, 6) is 0.261. The van der Waals surface area contributed by atoms with E-state index in [2.05, 4.69) is 15.3 Å². The minimum absolute atomic E-state index is 0.0440. The maximum atomic E-state index is 12.9. The fourth-order valence-corrected chi connectivity index (χ4v) is 3.98. The van der Waals surface area contributed by atoms with Crippen molar-refractivity contribution in [2.75, 3.05) is 11.1 Å². The molecule has 33 heavy (non-hydrogen) atoms. The standard InChI is InChI=1S/C23H27N5O4S/c1-7-16(30)24-14-10-8-13(9-11-14)15(29)12-33-19-17-18(25-21(26-19)23(2,3)4)27(5)22(32)28(6)20(17)31/h8-11H,7,12H2,1-6H3,(H,24,30). The van der Waals surface area contributed by atoms with Gasteiger partial charge in [0.2, 0.25) is 5.91 Å². The van der Waals surface area contributed by atoms with E-state index in [1.165, 1.54) is 11.6 Å². The largest absolute Gasteiger partial charge is 0.332 e. The van der Waals surface area contributed by atoms with Gasteiger partial charge in [-0.15, -0.1) is 0 Å². The van der Waals surface area contributed by atoms with E-state index in [1.807, 2.05) is 20.8 Å². The highest BCUT2D eigenvalue weighted by Gasteiger charge is 2.24. The van der Waals surface area contributed by atoms with Crippen molar-refractivity contribution in [2.24, 2.45) is 14.1 Å². The number of nitrogens with zero attached hydrogens (tertiary/aromatic N) is 4. The number of fused-ring (bicyclic) bond motifs is 1. The Labute approximate surface area is 195 Å². The van der Waals surface area contributed by atoms with E-state index in [9.17, 15) is 19.2 Å². The topological polar surface area (TPSA) is 116 Å². The number of hydrogen-bond donors (Lipinski definition) is 1. The zero-order valence-corrected chi connectivity index (χ0v) is 20.4. The zero-order valence-electron chi connectivity index (χ0n) is 19.6. The van der Waals surface area contributed by atoms with Gasteiger partial charge < -0.3 is 5.32 Å². The third-order valence-corrected chi connectivity index (χ3v) is 6.06. The number of carbonyl (C=O) groups is 2. The second-order valence-corrected chi connectivity index (χ2v) is 9.66. The summed E-state index contributed by atoms with van der Waals surface area (Å²) in [6, 6.07) is 6.65. The smallest absolute Gasteiger partial charge is 0.326 e. The molecule has 0 bridgehead atoms. The fourth-order valence-electron chi connectivity index (χ4n) is 3.07. The number of Topliss-reactive ketones (excluding diaryl/α,β-unsaturated/α-hetero) is 1. The molecule has 0 radical (unpaired) electrons. The lowest BCUT2D eigenvalue weighted by atomic mass is 9.96. The zero-order chi connectivity index (χ0) is 24.5. The third kappa shape index (κ3) is 5.05. The number of amides is 1. The number of carbonyl (C=O) groups excluding carboxylic acids is 2. The summed E-state index contributed by atoms with van der Waals surface area (Å²) in [6.45, 7) is 7.57. The lowest BCUT2D eigenvalue weighted by molar-refractivity contribution is -0.115. The molecule has 3 aromatic rings. The van der Waals surface area contributed by atoms with Crippen molar-refractivity contribution >= 4 is 40.2 Å². The molecule has 0 aliphatic rings. The highest BCUT2D eigenvalue weighted by Crippen LogP contribution is 2.27. The average Bonchev–Trinajstić information content (AvgIpc) is 2.78.